The first-order chi connectivity index (χ1) is 8.22. The maximum atomic E-state index is 8.91. The second-order valence-electron chi connectivity index (χ2n) is 5.21. The zero-order valence-corrected chi connectivity index (χ0v) is 10.9. The van der Waals surface area contributed by atoms with Gasteiger partial charge in [0.2, 0.25) is 0 Å². The standard InChI is InChI=1S/C15H23NO/c1-12-6-3-4-7-15(12)14-10-13(2)16(11-14)8-5-9-17/h3-4,6-7,13-14,17H,5,8-11H2,1-2H3/t13-,14+/m0/s1. The summed E-state index contributed by atoms with van der Waals surface area (Å²) in [5.74, 6) is 0.671. The molecule has 0 radical (unpaired) electrons. The molecule has 17 heavy (non-hydrogen) atoms. The van der Waals surface area contributed by atoms with E-state index in [4.69, 9.17) is 5.11 Å². The van der Waals surface area contributed by atoms with Crippen LogP contribution in [0, 0.1) is 6.92 Å². The van der Waals surface area contributed by atoms with Gasteiger partial charge in [-0.1, -0.05) is 24.3 Å². The van der Waals surface area contributed by atoms with E-state index in [0.29, 0.717) is 18.6 Å². The monoisotopic (exact) mass is 233 g/mol. The van der Waals surface area contributed by atoms with E-state index in [9.17, 15) is 0 Å². The van der Waals surface area contributed by atoms with Crippen LogP contribution in [-0.4, -0.2) is 35.7 Å². The third-order valence-electron chi connectivity index (χ3n) is 3.94. The lowest BCUT2D eigenvalue weighted by Gasteiger charge is -2.20. The highest BCUT2D eigenvalue weighted by molar-refractivity contribution is 5.30. The van der Waals surface area contributed by atoms with Gasteiger partial charge in [0.05, 0.1) is 0 Å². The van der Waals surface area contributed by atoms with Gasteiger partial charge in [-0.2, -0.15) is 0 Å². The number of nitrogens with zero attached hydrogens (tertiary/aromatic N) is 1. The molecule has 0 amide bonds. The molecule has 2 heteroatoms. The Balaban J connectivity index is 2.03. The van der Waals surface area contributed by atoms with Gasteiger partial charge < -0.3 is 5.11 Å². The van der Waals surface area contributed by atoms with Crippen LogP contribution >= 0.6 is 0 Å². The summed E-state index contributed by atoms with van der Waals surface area (Å²) >= 11 is 0. The summed E-state index contributed by atoms with van der Waals surface area (Å²) < 4.78 is 0. The highest BCUT2D eigenvalue weighted by atomic mass is 16.3. The number of hydrogen-bond acceptors (Lipinski definition) is 2. The van der Waals surface area contributed by atoms with Gasteiger partial charge in [0, 0.05) is 25.7 Å². The molecule has 1 aromatic carbocycles. The van der Waals surface area contributed by atoms with E-state index < -0.39 is 0 Å². The van der Waals surface area contributed by atoms with E-state index in [2.05, 4.69) is 43.0 Å². The largest absolute Gasteiger partial charge is 0.396 e. The van der Waals surface area contributed by atoms with Crippen molar-refractivity contribution in [3.8, 4) is 0 Å². The first kappa shape index (κ1) is 12.6. The predicted molar refractivity (Wildman–Crippen MR) is 71.3 cm³/mol. The van der Waals surface area contributed by atoms with Crippen LogP contribution in [0.5, 0.6) is 0 Å². The molecule has 1 heterocycles. The van der Waals surface area contributed by atoms with Crippen LogP contribution in [0.25, 0.3) is 0 Å². The molecule has 1 aliphatic heterocycles. The fourth-order valence-corrected chi connectivity index (χ4v) is 2.95. The van der Waals surface area contributed by atoms with Gasteiger partial charge in [0.1, 0.15) is 0 Å². The van der Waals surface area contributed by atoms with Gasteiger partial charge in [-0.3, -0.25) is 4.90 Å². The summed E-state index contributed by atoms with van der Waals surface area (Å²) in [5, 5.41) is 8.91. The van der Waals surface area contributed by atoms with Crippen LogP contribution in [0.3, 0.4) is 0 Å². The predicted octanol–water partition coefficient (Wildman–Crippen LogP) is 2.56. The molecular weight excluding hydrogens is 210 g/mol. The summed E-state index contributed by atoms with van der Waals surface area (Å²) in [6.45, 7) is 6.98. The fraction of sp³-hybridized carbons (Fsp3) is 0.600. The molecule has 0 saturated carbocycles. The number of hydrogen-bond donors (Lipinski definition) is 1. The van der Waals surface area contributed by atoms with Gasteiger partial charge in [0.15, 0.2) is 0 Å². The van der Waals surface area contributed by atoms with Crippen molar-refractivity contribution in [3.05, 3.63) is 35.4 Å². The highest BCUT2D eigenvalue weighted by Gasteiger charge is 2.29. The average molecular weight is 233 g/mol. The van der Waals surface area contributed by atoms with Crippen molar-refractivity contribution in [1.29, 1.82) is 0 Å². The van der Waals surface area contributed by atoms with Crippen LogP contribution in [0.2, 0.25) is 0 Å². The quantitative estimate of drug-likeness (QED) is 0.864. The van der Waals surface area contributed by atoms with Gasteiger partial charge in [0.25, 0.3) is 0 Å². The Kier molecular flexibility index (Phi) is 4.19. The number of likely N-dealkylation sites (tertiary alicyclic amines) is 1. The molecular formula is C15H23NO. The zero-order valence-electron chi connectivity index (χ0n) is 10.9. The number of rotatable bonds is 4. The SMILES string of the molecule is Cc1ccccc1[C@@H]1C[C@H](C)N(CCCO)C1. The maximum absolute atomic E-state index is 8.91. The van der Waals surface area contributed by atoms with Crippen molar-refractivity contribution in [1.82, 2.24) is 4.90 Å². The van der Waals surface area contributed by atoms with E-state index in [1.165, 1.54) is 17.5 Å². The second kappa shape index (κ2) is 5.65. The number of aliphatic hydroxyl groups is 1. The molecule has 1 aliphatic rings. The van der Waals surface area contributed by atoms with E-state index in [1.54, 1.807) is 0 Å². The minimum atomic E-state index is 0.304. The fourth-order valence-electron chi connectivity index (χ4n) is 2.95. The number of aryl methyl sites for hydroxylation is 1. The molecule has 1 aromatic rings. The van der Waals surface area contributed by atoms with Crippen molar-refractivity contribution in [2.24, 2.45) is 0 Å². The lowest BCUT2D eigenvalue weighted by Crippen LogP contribution is -2.28. The average Bonchev–Trinajstić information content (AvgIpc) is 2.68. The zero-order chi connectivity index (χ0) is 12.3. The molecule has 0 bridgehead atoms. The molecule has 94 valence electrons. The van der Waals surface area contributed by atoms with E-state index >= 15 is 0 Å². The van der Waals surface area contributed by atoms with Gasteiger partial charge in [-0.05, 0) is 43.7 Å². The van der Waals surface area contributed by atoms with Crippen molar-refractivity contribution in [2.75, 3.05) is 19.7 Å². The van der Waals surface area contributed by atoms with Crippen LogP contribution in [0.15, 0.2) is 24.3 Å². The van der Waals surface area contributed by atoms with Crippen LogP contribution < -0.4 is 0 Å². The van der Waals surface area contributed by atoms with Gasteiger partial charge >= 0.3 is 0 Å². The minimum absolute atomic E-state index is 0.304. The Hall–Kier alpha value is -0.860. The molecule has 1 fully saturated rings. The van der Waals surface area contributed by atoms with Gasteiger partial charge in [-0.15, -0.1) is 0 Å². The summed E-state index contributed by atoms with van der Waals surface area (Å²) in [4.78, 5) is 2.51. The third-order valence-corrected chi connectivity index (χ3v) is 3.94. The lowest BCUT2D eigenvalue weighted by molar-refractivity contribution is 0.219. The summed E-state index contributed by atoms with van der Waals surface area (Å²) in [7, 11) is 0. The van der Waals surface area contributed by atoms with E-state index in [1.807, 2.05) is 0 Å². The van der Waals surface area contributed by atoms with Crippen molar-refractivity contribution in [3.63, 3.8) is 0 Å². The second-order valence-corrected chi connectivity index (χ2v) is 5.21. The van der Waals surface area contributed by atoms with Crippen LogP contribution in [0.1, 0.15) is 36.8 Å². The van der Waals surface area contributed by atoms with Crippen LogP contribution in [-0.2, 0) is 0 Å². The summed E-state index contributed by atoms with van der Waals surface area (Å²) in [6, 6.07) is 9.37. The van der Waals surface area contributed by atoms with Crippen LogP contribution in [0.4, 0.5) is 0 Å². The summed E-state index contributed by atoms with van der Waals surface area (Å²) in [6.07, 6.45) is 2.14. The topological polar surface area (TPSA) is 23.5 Å². The molecule has 2 nitrogen and oxygen atoms in total. The molecule has 1 N–H and O–H groups in total. The Bertz CT molecular complexity index is 364. The molecule has 1 saturated heterocycles. The highest BCUT2D eigenvalue weighted by Crippen LogP contribution is 2.32. The molecule has 0 aliphatic carbocycles. The Morgan fingerprint density at radius 3 is 2.82 bits per heavy atom. The van der Waals surface area contributed by atoms with E-state index in [-0.39, 0.29) is 0 Å². The Morgan fingerprint density at radius 2 is 2.12 bits per heavy atom. The number of aliphatic hydroxyl groups excluding tert-OH is 1. The first-order valence-corrected chi connectivity index (χ1v) is 6.63. The van der Waals surface area contributed by atoms with Gasteiger partial charge in [-0.25, -0.2) is 0 Å². The minimum Gasteiger partial charge on any atom is -0.396 e. The molecule has 2 rings (SSSR count). The van der Waals surface area contributed by atoms with Crippen molar-refractivity contribution in [2.45, 2.75) is 38.6 Å². The van der Waals surface area contributed by atoms with Crippen molar-refractivity contribution >= 4 is 0 Å². The van der Waals surface area contributed by atoms with Crippen molar-refractivity contribution < 1.29 is 5.11 Å². The number of benzene rings is 1. The molecule has 0 aromatic heterocycles. The normalized spacial score (nSPS) is 25.4. The molecule has 0 spiro atoms. The first-order valence-electron chi connectivity index (χ1n) is 6.63. The smallest absolute Gasteiger partial charge is 0.0443 e. The maximum Gasteiger partial charge on any atom is 0.0443 e. The molecule has 2 atom stereocenters. The third kappa shape index (κ3) is 2.88. The molecule has 0 unspecified atom stereocenters. The Morgan fingerprint density at radius 1 is 1.35 bits per heavy atom. The Labute approximate surface area is 104 Å². The summed E-state index contributed by atoms with van der Waals surface area (Å²) in [5.41, 5.74) is 2.92. The lowest BCUT2D eigenvalue weighted by atomic mass is 9.93. The van der Waals surface area contributed by atoms with E-state index in [0.717, 1.165) is 19.5 Å².